The number of anilines is 1. The van der Waals surface area contributed by atoms with Crippen molar-refractivity contribution >= 4 is 21.5 Å². The van der Waals surface area contributed by atoms with Gasteiger partial charge in [-0.3, -0.25) is 0 Å². The number of benzene rings is 1. The molecule has 1 rings (SSSR count). The summed E-state index contributed by atoms with van der Waals surface area (Å²) >= 11 is 0. The Labute approximate surface area is 113 Å². The second-order valence-electron chi connectivity index (χ2n) is 4.40. The summed E-state index contributed by atoms with van der Waals surface area (Å²) in [5.74, 6) is -0.415. The summed E-state index contributed by atoms with van der Waals surface area (Å²) in [6, 6.07) is 6.60. The molecule has 0 amide bonds. The fourth-order valence-corrected chi connectivity index (χ4v) is 2.75. The number of para-hydroxylation sites is 1. The van der Waals surface area contributed by atoms with Crippen molar-refractivity contribution in [1.82, 2.24) is 0 Å². The number of ether oxygens (including phenoxy) is 1. The fraction of sp³-hybridized carbons (Fsp3) is 0.462. The standard InChI is InChI=1S/C13H19NO4S/c1-4-18-13(15)11-7-5-6-8-12(11)14-10(2)9-19(3,16)17/h5-8,10,14H,4,9H2,1-3H3. The summed E-state index contributed by atoms with van der Waals surface area (Å²) < 4.78 is 27.4. The van der Waals surface area contributed by atoms with Gasteiger partial charge in [0.1, 0.15) is 9.84 Å². The Bertz CT molecular complexity index is 539. The molecule has 0 aromatic heterocycles. The van der Waals surface area contributed by atoms with Crippen molar-refractivity contribution in [2.75, 3.05) is 23.9 Å². The van der Waals surface area contributed by atoms with Gasteiger partial charge in [-0.05, 0) is 26.0 Å². The van der Waals surface area contributed by atoms with Crippen LogP contribution in [-0.4, -0.2) is 39.0 Å². The lowest BCUT2D eigenvalue weighted by atomic mass is 10.1. The van der Waals surface area contributed by atoms with E-state index in [1.165, 1.54) is 6.26 Å². The van der Waals surface area contributed by atoms with Gasteiger partial charge in [0, 0.05) is 18.0 Å². The molecular weight excluding hydrogens is 266 g/mol. The van der Waals surface area contributed by atoms with Crippen LogP contribution in [0.3, 0.4) is 0 Å². The third-order valence-corrected chi connectivity index (χ3v) is 3.48. The van der Waals surface area contributed by atoms with Crippen LogP contribution >= 0.6 is 0 Å². The van der Waals surface area contributed by atoms with E-state index >= 15 is 0 Å². The molecule has 6 heteroatoms. The Hall–Kier alpha value is -1.56. The van der Waals surface area contributed by atoms with Gasteiger partial charge in [-0.1, -0.05) is 12.1 Å². The first-order valence-corrected chi connectivity index (χ1v) is 8.10. The SMILES string of the molecule is CCOC(=O)c1ccccc1NC(C)CS(C)(=O)=O. The minimum Gasteiger partial charge on any atom is -0.462 e. The van der Waals surface area contributed by atoms with Gasteiger partial charge in [0.05, 0.1) is 17.9 Å². The van der Waals surface area contributed by atoms with Gasteiger partial charge in [-0.15, -0.1) is 0 Å². The van der Waals surface area contributed by atoms with Crippen molar-refractivity contribution in [3.05, 3.63) is 29.8 Å². The van der Waals surface area contributed by atoms with E-state index < -0.39 is 15.8 Å². The molecule has 1 unspecified atom stereocenters. The Kier molecular flexibility index (Phi) is 5.35. The van der Waals surface area contributed by atoms with Crippen LogP contribution in [0.5, 0.6) is 0 Å². The molecule has 0 aliphatic carbocycles. The Morgan fingerprint density at radius 2 is 2.00 bits per heavy atom. The first-order chi connectivity index (χ1) is 8.83. The van der Waals surface area contributed by atoms with Crippen molar-refractivity contribution in [2.24, 2.45) is 0 Å². The molecule has 0 heterocycles. The van der Waals surface area contributed by atoms with Crippen molar-refractivity contribution in [3.63, 3.8) is 0 Å². The monoisotopic (exact) mass is 285 g/mol. The van der Waals surface area contributed by atoms with Gasteiger partial charge in [-0.25, -0.2) is 13.2 Å². The molecule has 1 N–H and O–H groups in total. The van der Waals surface area contributed by atoms with Gasteiger partial charge < -0.3 is 10.1 Å². The van der Waals surface area contributed by atoms with E-state index in [-0.39, 0.29) is 11.8 Å². The molecular formula is C13H19NO4S. The number of hydrogen-bond donors (Lipinski definition) is 1. The molecule has 19 heavy (non-hydrogen) atoms. The van der Waals surface area contributed by atoms with Gasteiger partial charge in [0.25, 0.3) is 0 Å². The number of hydrogen-bond acceptors (Lipinski definition) is 5. The number of sulfone groups is 1. The van der Waals surface area contributed by atoms with Crippen LogP contribution in [0.4, 0.5) is 5.69 Å². The van der Waals surface area contributed by atoms with E-state index in [2.05, 4.69) is 5.32 Å². The predicted molar refractivity (Wildman–Crippen MR) is 75.2 cm³/mol. The maximum Gasteiger partial charge on any atom is 0.340 e. The molecule has 0 fully saturated rings. The van der Waals surface area contributed by atoms with Crippen LogP contribution in [0.15, 0.2) is 24.3 Å². The largest absolute Gasteiger partial charge is 0.462 e. The first-order valence-electron chi connectivity index (χ1n) is 6.04. The van der Waals surface area contributed by atoms with E-state index in [1.54, 1.807) is 38.1 Å². The number of esters is 1. The zero-order valence-corrected chi connectivity index (χ0v) is 12.2. The molecule has 1 aromatic rings. The molecule has 0 saturated heterocycles. The van der Waals surface area contributed by atoms with Gasteiger partial charge >= 0.3 is 5.97 Å². The summed E-state index contributed by atoms with van der Waals surface area (Å²) in [5, 5.41) is 3.03. The smallest absolute Gasteiger partial charge is 0.340 e. The summed E-state index contributed by atoms with van der Waals surface area (Å²) in [6.07, 6.45) is 1.18. The minimum atomic E-state index is -3.07. The van der Waals surface area contributed by atoms with Crippen LogP contribution in [0.1, 0.15) is 24.2 Å². The maximum absolute atomic E-state index is 11.8. The highest BCUT2D eigenvalue weighted by atomic mass is 32.2. The van der Waals surface area contributed by atoms with E-state index in [1.807, 2.05) is 0 Å². The van der Waals surface area contributed by atoms with Crippen LogP contribution in [-0.2, 0) is 14.6 Å². The van der Waals surface area contributed by atoms with Gasteiger partial charge in [0.2, 0.25) is 0 Å². The molecule has 0 bridgehead atoms. The molecule has 0 spiro atoms. The quantitative estimate of drug-likeness (QED) is 0.806. The molecule has 1 aromatic carbocycles. The lowest BCUT2D eigenvalue weighted by Crippen LogP contribution is -2.26. The second-order valence-corrected chi connectivity index (χ2v) is 6.59. The van der Waals surface area contributed by atoms with E-state index in [4.69, 9.17) is 4.74 Å². The number of nitrogens with one attached hydrogen (secondary N) is 1. The minimum absolute atomic E-state index is 0.00413. The fourth-order valence-electron chi connectivity index (χ4n) is 1.76. The van der Waals surface area contributed by atoms with Crippen LogP contribution in [0, 0.1) is 0 Å². The van der Waals surface area contributed by atoms with Crippen LogP contribution < -0.4 is 5.32 Å². The molecule has 0 radical (unpaired) electrons. The third kappa shape index (κ3) is 5.30. The van der Waals surface area contributed by atoms with Gasteiger partial charge in [-0.2, -0.15) is 0 Å². The Balaban J connectivity index is 2.86. The van der Waals surface area contributed by atoms with Crippen molar-refractivity contribution in [1.29, 1.82) is 0 Å². The number of carbonyl (C=O) groups excluding carboxylic acids is 1. The zero-order valence-electron chi connectivity index (χ0n) is 11.3. The predicted octanol–water partition coefficient (Wildman–Crippen LogP) is 1.71. The molecule has 106 valence electrons. The van der Waals surface area contributed by atoms with E-state index in [0.717, 1.165) is 0 Å². The zero-order chi connectivity index (χ0) is 14.5. The normalized spacial score (nSPS) is 12.8. The third-order valence-electron chi connectivity index (χ3n) is 2.38. The highest BCUT2D eigenvalue weighted by molar-refractivity contribution is 7.90. The molecule has 0 aliphatic heterocycles. The molecule has 5 nitrogen and oxygen atoms in total. The molecule has 1 atom stereocenters. The Morgan fingerprint density at radius 1 is 1.37 bits per heavy atom. The number of carbonyl (C=O) groups is 1. The highest BCUT2D eigenvalue weighted by Gasteiger charge is 2.15. The first kappa shape index (κ1) is 15.5. The molecule has 0 aliphatic rings. The summed E-state index contributed by atoms with van der Waals surface area (Å²) in [7, 11) is -3.07. The van der Waals surface area contributed by atoms with Crippen molar-refractivity contribution in [2.45, 2.75) is 19.9 Å². The number of rotatable bonds is 6. The average molecular weight is 285 g/mol. The lowest BCUT2D eigenvalue weighted by molar-refractivity contribution is 0.0527. The summed E-state index contributed by atoms with van der Waals surface area (Å²) in [6.45, 7) is 3.79. The topological polar surface area (TPSA) is 72.5 Å². The average Bonchev–Trinajstić information content (AvgIpc) is 2.27. The van der Waals surface area contributed by atoms with Crippen LogP contribution in [0.2, 0.25) is 0 Å². The van der Waals surface area contributed by atoms with E-state index in [0.29, 0.717) is 17.9 Å². The lowest BCUT2D eigenvalue weighted by Gasteiger charge is -2.16. The van der Waals surface area contributed by atoms with E-state index in [9.17, 15) is 13.2 Å². The molecule has 0 saturated carbocycles. The van der Waals surface area contributed by atoms with Gasteiger partial charge in [0.15, 0.2) is 0 Å². The summed E-state index contributed by atoms with van der Waals surface area (Å²) in [5.41, 5.74) is 0.988. The summed E-state index contributed by atoms with van der Waals surface area (Å²) in [4.78, 5) is 11.8. The second kappa shape index (κ2) is 6.56. The van der Waals surface area contributed by atoms with Crippen molar-refractivity contribution < 1.29 is 17.9 Å². The highest BCUT2D eigenvalue weighted by Crippen LogP contribution is 2.17. The maximum atomic E-state index is 11.8. The van der Waals surface area contributed by atoms with Crippen LogP contribution in [0.25, 0.3) is 0 Å². The Morgan fingerprint density at radius 3 is 2.58 bits per heavy atom. The van der Waals surface area contributed by atoms with Crippen molar-refractivity contribution in [3.8, 4) is 0 Å².